The first kappa shape index (κ1) is 28.4. The molecule has 0 bridgehead atoms. The first-order chi connectivity index (χ1) is 17.3. The summed E-state index contributed by atoms with van der Waals surface area (Å²) in [4.78, 5) is 33.2. The Morgan fingerprint density at radius 2 is 2.00 bits per heavy atom. The molecule has 1 unspecified atom stereocenters. The van der Waals surface area contributed by atoms with Gasteiger partial charge >= 0.3 is 18.3 Å². The third-order valence-electron chi connectivity index (χ3n) is 5.73. The lowest BCUT2D eigenvalue weighted by Gasteiger charge is -2.26. The molecular formula is C23H26ClF4N5O4. The predicted octanol–water partition coefficient (Wildman–Crippen LogP) is 3.97. The highest BCUT2D eigenvalue weighted by atomic mass is 35.5. The molecule has 2 aromatic rings. The van der Waals surface area contributed by atoms with Gasteiger partial charge in [0.05, 0.1) is 22.4 Å². The Balaban J connectivity index is 2.01. The monoisotopic (exact) mass is 547 g/mol. The first-order valence-electron chi connectivity index (χ1n) is 11.1. The zero-order valence-electron chi connectivity index (χ0n) is 20.5. The predicted molar refractivity (Wildman–Crippen MR) is 129 cm³/mol. The molecule has 37 heavy (non-hydrogen) atoms. The SMILES string of the molecule is CNCC(O)CN1CCN(c2c(Cl)c(C(F)(F)F)cc(C)c2OC(=O)N(C)c2ccc(F)c(C)n2)C1=O. The molecule has 3 rings (SSSR count). The number of amides is 3. The van der Waals surface area contributed by atoms with E-state index < -0.39 is 46.5 Å². The molecular weight excluding hydrogens is 522 g/mol. The van der Waals surface area contributed by atoms with E-state index in [1.807, 2.05) is 0 Å². The highest BCUT2D eigenvalue weighted by molar-refractivity contribution is 6.35. The number of hydrogen-bond acceptors (Lipinski definition) is 6. The topological polar surface area (TPSA) is 98.2 Å². The third-order valence-corrected chi connectivity index (χ3v) is 6.12. The van der Waals surface area contributed by atoms with Crippen molar-refractivity contribution < 1.29 is 37.0 Å². The highest BCUT2D eigenvalue weighted by Crippen LogP contribution is 2.47. The standard InChI is InChI=1S/C23H26ClF4N5O4/c1-12-9-15(23(26,27)28)18(24)19(33-8-7-32(21(33)35)11-14(34)10-29-3)20(12)37-22(36)31(4)17-6-5-16(25)13(2)30-17/h5-6,9,14,29,34H,7-8,10-11H2,1-4H3. The van der Waals surface area contributed by atoms with Gasteiger partial charge < -0.3 is 20.1 Å². The summed E-state index contributed by atoms with van der Waals surface area (Å²) < 4.78 is 60.3. The number of ether oxygens (including phenoxy) is 1. The number of anilines is 2. The number of nitrogens with one attached hydrogen (secondary N) is 1. The summed E-state index contributed by atoms with van der Waals surface area (Å²) >= 11 is 6.19. The summed E-state index contributed by atoms with van der Waals surface area (Å²) in [6, 6.07) is 2.35. The smallest absolute Gasteiger partial charge is 0.407 e. The number of likely N-dealkylation sites (N-methyl/N-ethyl adjacent to an activating group) is 1. The van der Waals surface area contributed by atoms with Crippen LogP contribution in [0, 0.1) is 19.7 Å². The van der Waals surface area contributed by atoms with Crippen molar-refractivity contribution in [3.05, 3.63) is 45.9 Å². The molecule has 2 heterocycles. The van der Waals surface area contributed by atoms with E-state index in [9.17, 15) is 32.3 Å². The molecule has 1 atom stereocenters. The number of aromatic nitrogens is 1. The van der Waals surface area contributed by atoms with Crippen LogP contribution in [0.1, 0.15) is 16.8 Å². The number of hydrogen-bond donors (Lipinski definition) is 2. The zero-order chi connectivity index (χ0) is 27.7. The molecule has 0 aliphatic carbocycles. The summed E-state index contributed by atoms with van der Waals surface area (Å²) in [5.74, 6) is -0.905. The molecule has 1 aliphatic rings. The Labute approximate surface area is 215 Å². The number of carbonyl (C=O) groups excluding carboxylic acids is 2. The van der Waals surface area contributed by atoms with Gasteiger partial charge in [0.15, 0.2) is 5.75 Å². The van der Waals surface area contributed by atoms with Crippen LogP contribution in [-0.2, 0) is 6.18 Å². The summed E-state index contributed by atoms with van der Waals surface area (Å²) in [7, 11) is 2.90. The van der Waals surface area contributed by atoms with Crippen molar-refractivity contribution in [1.82, 2.24) is 15.2 Å². The van der Waals surface area contributed by atoms with Crippen molar-refractivity contribution in [3.8, 4) is 5.75 Å². The zero-order valence-corrected chi connectivity index (χ0v) is 21.2. The Kier molecular flexibility index (Phi) is 8.50. The summed E-state index contributed by atoms with van der Waals surface area (Å²) in [5.41, 5.74) is -1.70. The largest absolute Gasteiger partial charge is 0.420 e. The third kappa shape index (κ3) is 6.05. The number of aliphatic hydroxyl groups excluding tert-OH is 1. The quantitative estimate of drug-likeness (QED) is 0.509. The van der Waals surface area contributed by atoms with Crippen molar-refractivity contribution in [2.75, 3.05) is 50.1 Å². The molecule has 1 aliphatic heterocycles. The van der Waals surface area contributed by atoms with E-state index in [4.69, 9.17) is 16.3 Å². The number of pyridine rings is 1. The number of β-amino-alcohol motifs (C(OH)–C–C–N with tert-alkyl or cyclic N) is 1. The highest BCUT2D eigenvalue weighted by Gasteiger charge is 2.41. The van der Waals surface area contributed by atoms with E-state index >= 15 is 0 Å². The van der Waals surface area contributed by atoms with Crippen molar-refractivity contribution in [2.45, 2.75) is 26.1 Å². The second kappa shape index (κ2) is 11.1. The number of aliphatic hydroxyl groups is 1. The molecule has 14 heteroatoms. The number of nitrogens with zero attached hydrogens (tertiary/aromatic N) is 4. The van der Waals surface area contributed by atoms with Crippen molar-refractivity contribution >= 4 is 35.2 Å². The van der Waals surface area contributed by atoms with Gasteiger partial charge in [-0.25, -0.2) is 19.0 Å². The molecule has 9 nitrogen and oxygen atoms in total. The molecule has 1 saturated heterocycles. The minimum absolute atomic E-state index is 0.0230. The Morgan fingerprint density at radius 3 is 2.59 bits per heavy atom. The van der Waals surface area contributed by atoms with Crippen molar-refractivity contribution in [1.29, 1.82) is 0 Å². The molecule has 1 aromatic carbocycles. The van der Waals surface area contributed by atoms with Crippen LogP contribution < -0.4 is 19.9 Å². The average Bonchev–Trinajstić information content (AvgIpc) is 3.16. The van der Waals surface area contributed by atoms with Gasteiger partial charge in [-0.1, -0.05) is 11.6 Å². The van der Waals surface area contributed by atoms with Gasteiger partial charge in [-0.05, 0) is 44.7 Å². The Bertz CT molecular complexity index is 1200. The fourth-order valence-corrected chi connectivity index (χ4v) is 4.17. The lowest BCUT2D eigenvalue weighted by molar-refractivity contribution is -0.137. The Morgan fingerprint density at radius 1 is 1.32 bits per heavy atom. The van der Waals surface area contributed by atoms with E-state index in [-0.39, 0.29) is 49.0 Å². The molecule has 0 spiro atoms. The molecule has 3 amide bonds. The summed E-state index contributed by atoms with van der Waals surface area (Å²) in [5, 5.41) is 12.0. The van der Waals surface area contributed by atoms with Gasteiger partial charge in [-0.3, -0.25) is 9.80 Å². The van der Waals surface area contributed by atoms with E-state index in [2.05, 4.69) is 10.3 Å². The minimum Gasteiger partial charge on any atom is -0.407 e. The Hall–Kier alpha value is -3.16. The van der Waals surface area contributed by atoms with E-state index in [1.165, 1.54) is 31.9 Å². The van der Waals surface area contributed by atoms with Crippen LogP contribution in [0.5, 0.6) is 5.75 Å². The average molecular weight is 548 g/mol. The molecule has 2 N–H and O–H groups in total. The lowest BCUT2D eigenvalue weighted by atomic mass is 10.1. The maximum atomic E-state index is 13.7. The molecule has 0 saturated carbocycles. The van der Waals surface area contributed by atoms with Gasteiger partial charge in [0, 0.05) is 33.2 Å². The van der Waals surface area contributed by atoms with Crippen molar-refractivity contribution in [2.24, 2.45) is 0 Å². The number of rotatable bonds is 7. The number of halogens is 5. The van der Waals surface area contributed by atoms with Crippen LogP contribution >= 0.6 is 11.6 Å². The van der Waals surface area contributed by atoms with Crippen molar-refractivity contribution in [3.63, 3.8) is 0 Å². The maximum Gasteiger partial charge on any atom is 0.420 e. The van der Waals surface area contributed by atoms with Gasteiger partial charge in [0.1, 0.15) is 17.3 Å². The van der Waals surface area contributed by atoms with Crippen LogP contribution in [-0.4, -0.2) is 73.5 Å². The second-order valence-corrected chi connectivity index (χ2v) is 8.86. The van der Waals surface area contributed by atoms with Crippen LogP contribution in [0.4, 0.5) is 38.7 Å². The molecule has 0 radical (unpaired) electrons. The van der Waals surface area contributed by atoms with Crippen LogP contribution in [0.15, 0.2) is 18.2 Å². The van der Waals surface area contributed by atoms with Gasteiger partial charge in [-0.15, -0.1) is 0 Å². The second-order valence-electron chi connectivity index (χ2n) is 8.49. The van der Waals surface area contributed by atoms with E-state index in [0.717, 1.165) is 21.9 Å². The van der Waals surface area contributed by atoms with E-state index in [1.54, 1.807) is 7.05 Å². The fraction of sp³-hybridized carbons (Fsp3) is 0.435. The van der Waals surface area contributed by atoms with Crippen LogP contribution in [0.3, 0.4) is 0 Å². The number of alkyl halides is 3. The van der Waals surface area contributed by atoms with E-state index in [0.29, 0.717) is 0 Å². The van der Waals surface area contributed by atoms with Gasteiger partial charge in [0.2, 0.25) is 0 Å². The maximum absolute atomic E-state index is 13.7. The normalized spacial score (nSPS) is 14.8. The molecule has 202 valence electrons. The summed E-state index contributed by atoms with van der Waals surface area (Å²) in [6.45, 7) is 2.83. The number of aryl methyl sites for hydroxylation is 2. The number of benzene rings is 1. The van der Waals surface area contributed by atoms with Crippen LogP contribution in [0.25, 0.3) is 0 Å². The molecule has 1 fully saturated rings. The lowest BCUT2D eigenvalue weighted by Crippen LogP contribution is -2.40. The number of urea groups is 1. The van der Waals surface area contributed by atoms with Gasteiger partial charge in [0.25, 0.3) is 0 Å². The first-order valence-corrected chi connectivity index (χ1v) is 11.5. The van der Waals surface area contributed by atoms with Gasteiger partial charge in [-0.2, -0.15) is 13.2 Å². The van der Waals surface area contributed by atoms with Crippen LogP contribution in [0.2, 0.25) is 5.02 Å². The minimum atomic E-state index is -4.85. The summed E-state index contributed by atoms with van der Waals surface area (Å²) in [6.07, 6.45) is -6.81. The number of carbonyl (C=O) groups is 2. The fourth-order valence-electron chi connectivity index (χ4n) is 3.82. The molecule has 1 aromatic heterocycles.